The van der Waals surface area contributed by atoms with Gasteiger partial charge in [-0.05, 0) is 0 Å². The zero-order valence-electron chi connectivity index (χ0n) is 9.20. The third kappa shape index (κ3) is 2.28. The summed E-state index contributed by atoms with van der Waals surface area (Å²) < 4.78 is 10.4. The molecular weight excluding hydrogens is 183 g/mol. The van der Waals surface area contributed by atoms with Crippen LogP contribution in [-0.2, 0) is 0 Å². The second-order valence-corrected chi connectivity index (χ2v) is 2.96. The normalized spacial score (nSPS) is 9.47. The Hall–Kier alpha value is -1.10. The molecule has 0 bridgehead atoms. The summed E-state index contributed by atoms with van der Waals surface area (Å²) in [6.07, 6.45) is 0. The fourth-order valence-corrected chi connectivity index (χ4v) is 1.43. The van der Waals surface area contributed by atoms with Crippen LogP contribution in [0.15, 0.2) is 30.3 Å². The van der Waals surface area contributed by atoms with Gasteiger partial charge in [-0.3, -0.25) is 0 Å². The second-order valence-electron chi connectivity index (χ2n) is 2.96. The summed E-state index contributed by atoms with van der Waals surface area (Å²) in [6, 6.07) is 13.1. The number of methoxy groups -OCH3 is 2. The van der Waals surface area contributed by atoms with Gasteiger partial charge in [0.2, 0.25) is 0 Å². The summed E-state index contributed by atoms with van der Waals surface area (Å²) in [5.41, 5.74) is 0. The first-order valence-corrected chi connectivity index (χ1v) is 4.38. The Morgan fingerprint density at radius 2 is 1.80 bits per heavy atom. The maximum Gasteiger partial charge on any atom is 1.00 e. The van der Waals surface area contributed by atoms with Gasteiger partial charge in [-0.2, -0.15) is 0 Å². The van der Waals surface area contributed by atoms with Gasteiger partial charge in [0.25, 0.3) is 0 Å². The molecule has 2 nitrogen and oxygen atoms in total. The van der Waals surface area contributed by atoms with Gasteiger partial charge in [-0.15, -0.1) is 22.9 Å². The largest absolute Gasteiger partial charge is 1.00 e. The fraction of sp³-hybridized carbons (Fsp3) is 0.167. The zero-order valence-corrected chi connectivity index (χ0v) is 9.20. The Labute approximate surface area is 101 Å². The molecule has 0 N–H and O–H groups in total. The Morgan fingerprint density at radius 1 is 1.07 bits per heavy atom. The molecule has 0 radical (unpaired) electrons. The number of ether oxygens (including phenoxy) is 2. The van der Waals surface area contributed by atoms with Gasteiger partial charge in [-0.25, -0.2) is 0 Å². The van der Waals surface area contributed by atoms with Crippen molar-refractivity contribution in [2.75, 3.05) is 14.2 Å². The van der Waals surface area contributed by atoms with Crippen LogP contribution in [0.2, 0.25) is 0 Å². The monoisotopic (exact) mass is 194 g/mol. The second kappa shape index (κ2) is 5.11. The Kier molecular flexibility index (Phi) is 4.08. The number of benzene rings is 2. The van der Waals surface area contributed by atoms with E-state index in [9.17, 15) is 0 Å². The molecule has 0 amide bonds. The van der Waals surface area contributed by atoms with E-state index in [4.69, 9.17) is 9.47 Å². The molecule has 2 aromatic carbocycles. The van der Waals surface area contributed by atoms with Crippen LogP contribution in [0, 0.1) is 6.07 Å². The van der Waals surface area contributed by atoms with E-state index in [1.165, 1.54) is 0 Å². The van der Waals surface area contributed by atoms with Crippen molar-refractivity contribution in [3.63, 3.8) is 0 Å². The molecule has 15 heavy (non-hydrogen) atoms. The van der Waals surface area contributed by atoms with Crippen molar-refractivity contribution < 1.29 is 28.3 Å². The van der Waals surface area contributed by atoms with Crippen molar-refractivity contribution in [2.45, 2.75) is 0 Å². The Balaban J connectivity index is 0.00000112. The molecule has 2 aromatic rings. The molecule has 0 aromatic heterocycles. The van der Waals surface area contributed by atoms with Gasteiger partial charge in [0.15, 0.2) is 0 Å². The summed E-state index contributed by atoms with van der Waals surface area (Å²) >= 11 is 0. The Bertz CT molecular complexity index is 412. The van der Waals surface area contributed by atoms with Crippen LogP contribution >= 0.6 is 0 Å². The molecule has 0 atom stereocenters. The van der Waals surface area contributed by atoms with E-state index in [2.05, 4.69) is 6.07 Å². The number of hydrogen-bond donors (Lipinski definition) is 0. The molecule has 0 unspecified atom stereocenters. The van der Waals surface area contributed by atoms with Crippen molar-refractivity contribution in [1.29, 1.82) is 0 Å². The third-order valence-electron chi connectivity index (χ3n) is 2.14. The molecule has 0 saturated carbocycles. The summed E-state index contributed by atoms with van der Waals surface area (Å²) in [6.45, 7) is 0. The van der Waals surface area contributed by atoms with E-state index in [-0.39, 0.29) is 18.9 Å². The first kappa shape index (κ1) is 12.0. The van der Waals surface area contributed by atoms with Crippen LogP contribution in [0.25, 0.3) is 10.8 Å². The van der Waals surface area contributed by atoms with E-state index in [0.29, 0.717) is 11.5 Å². The van der Waals surface area contributed by atoms with Crippen LogP contribution in [0.4, 0.5) is 0 Å². The third-order valence-corrected chi connectivity index (χ3v) is 2.14. The molecular formula is C12H11LiO2. The number of fused-ring (bicyclic) bond motifs is 1. The van der Waals surface area contributed by atoms with E-state index < -0.39 is 0 Å². The minimum absolute atomic E-state index is 0. The molecule has 0 aliphatic rings. The molecule has 0 heterocycles. The van der Waals surface area contributed by atoms with Gasteiger partial charge in [0, 0.05) is 0 Å². The van der Waals surface area contributed by atoms with Crippen molar-refractivity contribution in [2.24, 2.45) is 0 Å². The van der Waals surface area contributed by atoms with Crippen molar-refractivity contribution >= 4 is 10.8 Å². The maximum atomic E-state index is 5.19. The summed E-state index contributed by atoms with van der Waals surface area (Å²) in [5, 5.41) is 2.13. The average molecular weight is 194 g/mol. The van der Waals surface area contributed by atoms with E-state index in [1.807, 2.05) is 30.3 Å². The molecule has 0 spiro atoms. The standard InChI is InChI=1S/C12H11O2.Li/c1-13-11-7-9-5-3-4-6-10(9)8-12(11)14-2;/h3-7H,1-2H3;/q-1;+1. The van der Waals surface area contributed by atoms with Crippen LogP contribution in [0.3, 0.4) is 0 Å². The van der Waals surface area contributed by atoms with Crippen molar-refractivity contribution in [1.82, 2.24) is 0 Å². The topological polar surface area (TPSA) is 18.5 Å². The fourth-order valence-electron chi connectivity index (χ4n) is 1.43. The van der Waals surface area contributed by atoms with Gasteiger partial charge in [0.1, 0.15) is 0 Å². The molecule has 0 fully saturated rings. The SMILES string of the molecule is COc1[c-]c2ccccc2cc1OC.[Li+]. The predicted octanol–water partition coefficient (Wildman–Crippen LogP) is -0.339. The van der Waals surface area contributed by atoms with Crippen LogP contribution in [-0.4, -0.2) is 14.2 Å². The number of rotatable bonds is 2. The molecule has 72 valence electrons. The van der Waals surface area contributed by atoms with Crippen molar-refractivity contribution in [3.05, 3.63) is 36.4 Å². The van der Waals surface area contributed by atoms with Crippen LogP contribution < -0.4 is 28.3 Å². The van der Waals surface area contributed by atoms with Crippen molar-refractivity contribution in [3.8, 4) is 11.5 Å². The first-order chi connectivity index (χ1) is 6.85. The van der Waals surface area contributed by atoms with Gasteiger partial charge in [0.05, 0.1) is 25.7 Å². The number of hydrogen-bond acceptors (Lipinski definition) is 2. The molecule has 3 heteroatoms. The summed E-state index contributed by atoms with van der Waals surface area (Å²) in [7, 11) is 3.24. The first-order valence-electron chi connectivity index (χ1n) is 4.38. The Morgan fingerprint density at radius 3 is 2.47 bits per heavy atom. The summed E-state index contributed by atoms with van der Waals surface area (Å²) in [4.78, 5) is 0. The predicted molar refractivity (Wildman–Crippen MR) is 55.9 cm³/mol. The molecule has 2 rings (SSSR count). The van der Waals surface area contributed by atoms with Crippen LogP contribution in [0.1, 0.15) is 0 Å². The minimum Gasteiger partial charge on any atom is -0.536 e. The molecule has 0 saturated heterocycles. The van der Waals surface area contributed by atoms with Gasteiger partial charge < -0.3 is 9.47 Å². The average Bonchev–Trinajstić information content (AvgIpc) is 2.27. The minimum atomic E-state index is 0. The smallest absolute Gasteiger partial charge is 0.536 e. The van der Waals surface area contributed by atoms with Gasteiger partial charge >= 0.3 is 18.9 Å². The quantitative estimate of drug-likeness (QED) is 0.481. The molecule has 0 aliphatic carbocycles. The van der Waals surface area contributed by atoms with E-state index >= 15 is 0 Å². The van der Waals surface area contributed by atoms with Crippen LogP contribution in [0.5, 0.6) is 11.5 Å². The molecule has 0 aliphatic heterocycles. The zero-order chi connectivity index (χ0) is 9.97. The van der Waals surface area contributed by atoms with Gasteiger partial charge in [-0.1, -0.05) is 24.3 Å². The summed E-state index contributed by atoms with van der Waals surface area (Å²) in [5.74, 6) is 1.36. The maximum absolute atomic E-state index is 5.19. The van der Waals surface area contributed by atoms with E-state index in [0.717, 1.165) is 10.8 Å². The van der Waals surface area contributed by atoms with E-state index in [1.54, 1.807) is 14.2 Å².